The molecule has 3 aromatic rings. The third kappa shape index (κ3) is 3.74. The Kier molecular flexibility index (Phi) is 5.30. The molecule has 0 bridgehead atoms. The fourth-order valence-corrected chi connectivity index (χ4v) is 3.38. The van der Waals surface area contributed by atoms with Crippen molar-refractivity contribution in [2.45, 2.75) is 37.6 Å². The Morgan fingerprint density at radius 2 is 1.88 bits per heavy atom. The Morgan fingerprint density at radius 1 is 1.15 bits per heavy atom. The van der Waals surface area contributed by atoms with Crippen LogP contribution in [0.1, 0.15) is 37.1 Å². The lowest BCUT2D eigenvalue weighted by atomic mass is 9.98. The molecule has 0 spiro atoms. The molecular weight excluding hydrogens is 350 g/mol. The monoisotopic (exact) mass is 371 g/mol. The van der Waals surface area contributed by atoms with Crippen molar-refractivity contribution in [2.24, 2.45) is 5.73 Å². The number of anilines is 1. The number of nitrogens with two attached hydrogens (primary N) is 1. The van der Waals surface area contributed by atoms with Gasteiger partial charge in [-0.1, -0.05) is 43.2 Å². The lowest BCUT2D eigenvalue weighted by molar-refractivity contribution is -0.121. The topological polar surface area (TPSA) is 81.2 Å². The van der Waals surface area contributed by atoms with Gasteiger partial charge in [-0.3, -0.25) is 4.79 Å². The predicted molar refractivity (Wildman–Crippen MR) is 105 cm³/mol. The number of nitrogens with zero attached hydrogens (tertiary/aromatic N) is 1. The van der Waals surface area contributed by atoms with Crippen LogP contribution in [0, 0.1) is 0 Å². The van der Waals surface area contributed by atoms with Gasteiger partial charge in [-0.05, 0) is 30.5 Å². The van der Waals surface area contributed by atoms with Crippen LogP contribution < -0.4 is 11.1 Å². The summed E-state index contributed by atoms with van der Waals surface area (Å²) in [6, 6.07) is 15.6. The number of hydrogen-bond acceptors (Lipinski definition) is 4. The van der Waals surface area contributed by atoms with Gasteiger partial charge in [-0.15, -0.1) is 12.4 Å². The van der Waals surface area contributed by atoms with Crippen molar-refractivity contribution >= 4 is 35.1 Å². The van der Waals surface area contributed by atoms with E-state index < -0.39 is 5.54 Å². The Bertz CT molecular complexity index is 902. The molecule has 1 aromatic heterocycles. The smallest absolute Gasteiger partial charge is 0.244 e. The molecule has 1 aliphatic rings. The summed E-state index contributed by atoms with van der Waals surface area (Å²) in [5.74, 6) is 0.545. The van der Waals surface area contributed by atoms with E-state index in [4.69, 9.17) is 10.2 Å². The number of nitrogens with one attached hydrogen (secondary N) is 1. The zero-order valence-electron chi connectivity index (χ0n) is 14.4. The largest absolute Gasteiger partial charge is 0.440 e. The number of carbonyl (C=O) groups is 1. The van der Waals surface area contributed by atoms with Gasteiger partial charge in [0.1, 0.15) is 5.52 Å². The van der Waals surface area contributed by atoms with E-state index in [1.165, 1.54) is 0 Å². The molecule has 0 atom stereocenters. The molecule has 0 unspecified atom stereocenters. The van der Waals surface area contributed by atoms with E-state index in [2.05, 4.69) is 10.3 Å². The summed E-state index contributed by atoms with van der Waals surface area (Å²) in [5.41, 5.74) is 8.75. The molecule has 26 heavy (non-hydrogen) atoms. The summed E-state index contributed by atoms with van der Waals surface area (Å²) < 4.78 is 5.85. The van der Waals surface area contributed by atoms with Crippen LogP contribution in [-0.4, -0.2) is 16.4 Å². The molecule has 3 N–H and O–H groups in total. The van der Waals surface area contributed by atoms with E-state index in [1.807, 2.05) is 48.5 Å². The van der Waals surface area contributed by atoms with Crippen LogP contribution in [0.5, 0.6) is 0 Å². The molecule has 0 radical (unpaired) electrons. The van der Waals surface area contributed by atoms with E-state index in [0.717, 1.165) is 36.8 Å². The summed E-state index contributed by atoms with van der Waals surface area (Å²) in [6.45, 7) is 0. The Labute approximate surface area is 158 Å². The second-order valence-corrected chi connectivity index (χ2v) is 6.77. The SMILES string of the molecule is Cl.NC1(C(=O)Nc2ccc3nc(Cc4ccccc4)oc3c2)CCCC1. The lowest BCUT2D eigenvalue weighted by Crippen LogP contribution is -2.48. The van der Waals surface area contributed by atoms with Crippen LogP contribution >= 0.6 is 12.4 Å². The number of carbonyl (C=O) groups excluding carboxylic acids is 1. The van der Waals surface area contributed by atoms with Gasteiger partial charge in [0.15, 0.2) is 11.5 Å². The van der Waals surface area contributed by atoms with E-state index in [1.54, 1.807) is 0 Å². The van der Waals surface area contributed by atoms with E-state index in [0.29, 0.717) is 23.6 Å². The minimum absolute atomic E-state index is 0. The van der Waals surface area contributed by atoms with Crippen molar-refractivity contribution in [2.75, 3.05) is 5.32 Å². The van der Waals surface area contributed by atoms with Gasteiger partial charge >= 0.3 is 0 Å². The van der Waals surface area contributed by atoms with Crippen molar-refractivity contribution in [3.63, 3.8) is 0 Å². The molecular formula is C20H22ClN3O2. The van der Waals surface area contributed by atoms with Crippen LogP contribution in [0.2, 0.25) is 0 Å². The quantitative estimate of drug-likeness (QED) is 0.724. The van der Waals surface area contributed by atoms with Crippen LogP contribution in [-0.2, 0) is 11.2 Å². The van der Waals surface area contributed by atoms with E-state index >= 15 is 0 Å². The van der Waals surface area contributed by atoms with Gasteiger partial charge < -0.3 is 15.5 Å². The molecule has 1 heterocycles. The van der Waals surface area contributed by atoms with Gasteiger partial charge in [0.2, 0.25) is 5.91 Å². The average molecular weight is 372 g/mol. The molecule has 5 nitrogen and oxygen atoms in total. The average Bonchev–Trinajstić information content (AvgIpc) is 3.22. The van der Waals surface area contributed by atoms with Crippen LogP contribution in [0.3, 0.4) is 0 Å². The van der Waals surface area contributed by atoms with E-state index in [9.17, 15) is 4.79 Å². The summed E-state index contributed by atoms with van der Waals surface area (Å²) in [7, 11) is 0. The first kappa shape index (κ1) is 18.4. The molecule has 6 heteroatoms. The highest BCUT2D eigenvalue weighted by molar-refractivity contribution is 5.99. The summed E-state index contributed by atoms with van der Waals surface area (Å²) >= 11 is 0. The number of halogens is 1. The number of fused-ring (bicyclic) bond motifs is 1. The van der Waals surface area contributed by atoms with Gasteiger partial charge in [-0.2, -0.15) is 0 Å². The summed E-state index contributed by atoms with van der Waals surface area (Å²) in [4.78, 5) is 17.0. The molecule has 0 saturated heterocycles. The second-order valence-electron chi connectivity index (χ2n) is 6.77. The Hall–Kier alpha value is -2.37. The lowest BCUT2D eigenvalue weighted by Gasteiger charge is -2.22. The number of rotatable bonds is 4. The number of benzene rings is 2. The van der Waals surface area contributed by atoms with Crippen molar-refractivity contribution in [3.8, 4) is 0 Å². The van der Waals surface area contributed by atoms with Crippen molar-refractivity contribution in [1.29, 1.82) is 0 Å². The normalized spacial score (nSPS) is 15.6. The van der Waals surface area contributed by atoms with Crippen molar-refractivity contribution < 1.29 is 9.21 Å². The number of aromatic nitrogens is 1. The summed E-state index contributed by atoms with van der Waals surface area (Å²) in [6.07, 6.45) is 4.14. The highest BCUT2D eigenvalue weighted by Gasteiger charge is 2.37. The summed E-state index contributed by atoms with van der Waals surface area (Å²) in [5, 5.41) is 2.92. The van der Waals surface area contributed by atoms with Gasteiger partial charge in [0.05, 0.1) is 5.54 Å². The fourth-order valence-electron chi connectivity index (χ4n) is 3.38. The number of oxazole rings is 1. The predicted octanol–water partition coefficient (Wildman–Crippen LogP) is 4.05. The highest BCUT2D eigenvalue weighted by atomic mass is 35.5. The van der Waals surface area contributed by atoms with Crippen LogP contribution in [0.15, 0.2) is 52.9 Å². The Morgan fingerprint density at radius 3 is 2.62 bits per heavy atom. The van der Waals surface area contributed by atoms with Crippen molar-refractivity contribution in [1.82, 2.24) is 4.98 Å². The molecule has 1 fully saturated rings. The number of hydrogen-bond donors (Lipinski definition) is 2. The molecule has 0 aliphatic heterocycles. The second kappa shape index (κ2) is 7.48. The molecule has 1 aliphatic carbocycles. The number of amides is 1. The first-order valence-electron chi connectivity index (χ1n) is 8.66. The molecule has 136 valence electrons. The molecule has 2 aromatic carbocycles. The van der Waals surface area contributed by atoms with Gasteiger partial charge in [-0.25, -0.2) is 4.98 Å². The maximum absolute atomic E-state index is 12.4. The van der Waals surface area contributed by atoms with Crippen LogP contribution in [0.4, 0.5) is 5.69 Å². The standard InChI is InChI=1S/C20H21N3O2.ClH/c21-20(10-4-5-11-20)19(24)22-15-8-9-16-17(13-15)25-18(23-16)12-14-6-2-1-3-7-14;/h1-3,6-9,13H,4-5,10-12,21H2,(H,22,24);1H. The maximum atomic E-state index is 12.4. The molecule has 4 rings (SSSR count). The molecule has 1 amide bonds. The zero-order chi connectivity index (χ0) is 17.3. The van der Waals surface area contributed by atoms with Gasteiger partial charge in [0.25, 0.3) is 0 Å². The Balaban J connectivity index is 0.00000196. The van der Waals surface area contributed by atoms with E-state index in [-0.39, 0.29) is 18.3 Å². The first-order valence-corrected chi connectivity index (χ1v) is 8.66. The third-order valence-corrected chi connectivity index (χ3v) is 4.84. The highest BCUT2D eigenvalue weighted by Crippen LogP contribution is 2.29. The fraction of sp³-hybridized carbons (Fsp3) is 0.300. The third-order valence-electron chi connectivity index (χ3n) is 4.84. The minimum Gasteiger partial charge on any atom is -0.440 e. The first-order chi connectivity index (χ1) is 12.1. The molecule has 1 saturated carbocycles. The van der Waals surface area contributed by atoms with Crippen molar-refractivity contribution in [3.05, 3.63) is 60.0 Å². The van der Waals surface area contributed by atoms with Crippen LogP contribution in [0.25, 0.3) is 11.1 Å². The maximum Gasteiger partial charge on any atom is 0.244 e. The van der Waals surface area contributed by atoms with Gasteiger partial charge in [0, 0.05) is 18.2 Å². The zero-order valence-corrected chi connectivity index (χ0v) is 15.2. The minimum atomic E-state index is -0.741.